The van der Waals surface area contributed by atoms with E-state index in [-0.39, 0.29) is 18.1 Å². The fraction of sp³-hybridized carbons (Fsp3) is 0.524. The van der Waals surface area contributed by atoms with Crippen molar-refractivity contribution in [2.75, 3.05) is 26.2 Å². The number of amides is 1. The molecule has 0 saturated carbocycles. The predicted molar refractivity (Wildman–Crippen MR) is 103 cm³/mol. The summed E-state index contributed by atoms with van der Waals surface area (Å²) in [7, 11) is 0. The van der Waals surface area contributed by atoms with Gasteiger partial charge >= 0.3 is 0 Å². The van der Waals surface area contributed by atoms with Crippen molar-refractivity contribution < 1.29 is 9.53 Å². The summed E-state index contributed by atoms with van der Waals surface area (Å²) in [6.07, 6.45) is 1.80. The number of nitrogens with one attached hydrogen (secondary N) is 1. The number of nitrogens with zero attached hydrogens (tertiary/aromatic N) is 3. The average Bonchev–Trinajstić information content (AvgIpc) is 2.94. The number of hydrogen-bond donors (Lipinski definition) is 1. The van der Waals surface area contributed by atoms with Gasteiger partial charge in [0.25, 0.3) is 5.91 Å². The normalized spacial score (nSPS) is 23.7. The van der Waals surface area contributed by atoms with Gasteiger partial charge in [-0.15, -0.1) is 0 Å². The number of fused-ring (bicyclic) bond motifs is 1. The minimum atomic E-state index is -0.0386. The number of aromatic nitrogens is 2. The van der Waals surface area contributed by atoms with Crippen LogP contribution in [0.5, 0.6) is 0 Å². The van der Waals surface area contributed by atoms with Gasteiger partial charge in [-0.3, -0.25) is 14.8 Å². The minimum absolute atomic E-state index is 0.0386. The van der Waals surface area contributed by atoms with Crippen LogP contribution in [0.2, 0.25) is 0 Å². The van der Waals surface area contributed by atoms with E-state index in [4.69, 9.17) is 4.74 Å². The number of benzene rings is 1. The van der Waals surface area contributed by atoms with E-state index in [1.165, 1.54) is 5.56 Å². The Hall–Kier alpha value is -2.18. The van der Waals surface area contributed by atoms with Crippen molar-refractivity contribution in [2.45, 2.75) is 45.4 Å². The van der Waals surface area contributed by atoms with Crippen LogP contribution in [0.15, 0.2) is 30.3 Å². The zero-order valence-corrected chi connectivity index (χ0v) is 16.1. The van der Waals surface area contributed by atoms with Crippen LogP contribution in [0.1, 0.15) is 53.7 Å². The second-order valence-corrected chi connectivity index (χ2v) is 7.66. The first-order chi connectivity index (χ1) is 13.1. The first kappa shape index (κ1) is 18.2. The Kier molecular flexibility index (Phi) is 5.27. The fourth-order valence-electron chi connectivity index (χ4n) is 4.17. The largest absolute Gasteiger partial charge is 0.369 e. The van der Waals surface area contributed by atoms with Crippen molar-refractivity contribution in [3.8, 4) is 0 Å². The predicted octanol–water partition coefficient (Wildman–Crippen LogP) is 2.78. The molecule has 2 aliphatic rings. The van der Waals surface area contributed by atoms with Crippen molar-refractivity contribution in [1.29, 1.82) is 0 Å². The molecule has 1 saturated heterocycles. The van der Waals surface area contributed by atoms with E-state index in [1.54, 1.807) is 0 Å². The maximum absolute atomic E-state index is 13.1. The number of hydrogen-bond acceptors (Lipinski definition) is 4. The highest BCUT2D eigenvalue weighted by Gasteiger charge is 2.31. The van der Waals surface area contributed by atoms with Crippen LogP contribution in [0.3, 0.4) is 0 Å². The number of H-pyrrole nitrogens is 1. The Morgan fingerprint density at radius 1 is 1.19 bits per heavy atom. The number of rotatable bonds is 3. The first-order valence-electron chi connectivity index (χ1n) is 9.90. The van der Waals surface area contributed by atoms with Crippen molar-refractivity contribution in [1.82, 2.24) is 20.0 Å². The van der Waals surface area contributed by atoms with Crippen LogP contribution in [-0.2, 0) is 17.7 Å². The maximum atomic E-state index is 13.1. The highest BCUT2D eigenvalue weighted by atomic mass is 16.5. The van der Waals surface area contributed by atoms with Gasteiger partial charge in [0.1, 0.15) is 0 Å². The van der Waals surface area contributed by atoms with Crippen molar-refractivity contribution in [3.63, 3.8) is 0 Å². The smallest absolute Gasteiger partial charge is 0.274 e. The van der Waals surface area contributed by atoms with Crippen LogP contribution >= 0.6 is 0 Å². The molecule has 2 atom stereocenters. The van der Waals surface area contributed by atoms with Crippen LogP contribution in [0.25, 0.3) is 0 Å². The molecule has 0 bridgehead atoms. The number of carbonyl (C=O) groups excluding carboxylic acids is 1. The lowest BCUT2D eigenvalue weighted by molar-refractivity contribution is -0.00701. The summed E-state index contributed by atoms with van der Waals surface area (Å²) in [5.41, 5.74) is 3.90. The van der Waals surface area contributed by atoms with Gasteiger partial charge in [-0.2, -0.15) is 5.10 Å². The summed E-state index contributed by atoms with van der Waals surface area (Å²) >= 11 is 0. The second kappa shape index (κ2) is 7.82. The molecule has 6 nitrogen and oxygen atoms in total. The van der Waals surface area contributed by atoms with E-state index in [9.17, 15) is 4.79 Å². The Morgan fingerprint density at radius 2 is 2.00 bits per heavy atom. The molecule has 1 aromatic carbocycles. The third kappa shape index (κ3) is 3.92. The summed E-state index contributed by atoms with van der Waals surface area (Å²) in [4.78, 5) is 17.5. The number of carbonyl (C=O) groups is 1. The van der Waals surface area contributed by atoms with E-state index in [2.05, 4.69) is 39.4 Å². The van der Waals surface area contributed by atoms with Gasteiger partial charge in [0, 0.05) is 44.7 Å². The topological polar surface area (TPSA) is 61.5 Å². The minimum Gasteiger partial charge on any atom is -0.369 e. The van der Waals surface area contributed by atoms with Crippen molar-refractivity contribution >= 4 is 5.91 Å². The lowest BCUT2D eigenvalue weighted by atomic mass is 9.99. The van der Waals surface area contributed by atoms with Crippen molar-refractivity contribution in [3.05, 3.63) is 52.8 Å². The molecule has 1 amide bonds. The molecule has 1 aromatic heterocycles. The van der Waals surface area contributed by atoms with Crippen LogP contribution in [0, 0.1) is 0 Å². The standard InChI is InChI=1S/C21H28N4O2/c1-15-13-18-19(16(2)27-15)22-23-20(18)21(26)25-10-6-9-24(11-12-25)14-17-7-4-3-5-8-17/h3-5,7-8,15-16H,6,9-14H2,1-2H3,(H,22,23)/t15-,16+/m1/s1. The monoisotopic (exact) mass is 368 g/mol. The van der Waals surface area contributed by atoms with Crippen molar-refractivity contribution in [2.24, 2.45) is 0 Å². The molecule has 6 heteroatoms. The quantitative estimate of drug-likeness (QED) is 0.905. The average molecular weight is 368 g/mol. The summed E-state index contributed by atoms with van der Waals surface area (Å²) in [5, 5.41) is 7.41. The van der Waals surface area contributed by atoms with Gasteiger partial charge in [-0.25, -0.2) is 0 Å². The Labute approximate surface area is 160 Å². The molecular formula is C21H28N4O2. The van der Waals surface area contributed by atoms with Crippen LogP contribution in [-0.4, -0.2) is 58.2 Å². The third-order valence-corrected chi connectivity index (χ3v) is 5.56. The highest BCUT2D eigenvalue weighted by molar-refractivity contribution is 5.94. The molecule has 0 spiro atoms. The lowest BCUT2D eigenvalue weighted by Gasteiger charge is -2.26. The number of ether oxygens (including phenoxy) is 1. The van der Waals surface area contributed by atoms with E-state index in [0.29, 0.717) is 5.69 Å². The first-order valence-corrected chi connectivity index (χ1v) is 9.90. The SMILES string of the molecule is C[C@@H]1Cc2c(C(=O)N3CCCN(Cc4ccccc4)CC3)n[nH]c2[C@H](C)O1. The summed E-state index contributed by atoms with van der Waals surface area (Å²) in [5.74, 6) is 0.0513. The molecule has 2 aliphatic heterocycles. The van der Waals surface area contributed by atoms with E-state index < -0.39 is 0 Å². The number of aromatic amines is 1. The van der Waals surface area contributed by atoms with Gasteiger partial charge in [-0.1, -0.05) is 30.3 Å². The molecule has 4 rings (SSSR count). The molecule has 0 unspecified atom stereocenters. The molecule has 2 aromatic rings. The van der Waals surface area contributed by atoms with E-state index in [0.717, 1.165) is 56.8 Å². The second-order valence-electron chi connectivity index (χ2n) is 7.66. The Morgan fingerprint density at radius 3 is 2.81 bits per heavy atom. The zero-order valence-electron chi connectivity index (χ0n) is 16.1. The van der Waals surface area contributed by atoms with Crippen LogP contribution in [0.4, 0.5) is 0 Å². The van der Waals surface area contributed by atoms with Gasteiger partial charge < -0.3 is 9.64 Å². The molecule has 27 heavy (non-hydrogen) atoms. The Bertz CT molecular complexity index is 789. The van der Waals surface area contributed by atoms with Gasteiger partial charge in [0.2, 0.25) is 0 Å². The lowest BCUT2D eigenvalue weighted by Crippen LogP contribution is -2.36. The maximum Gasteiger partial charge on any atom is 0.274 e. The third-order valence-electron chi connectivity index (χ3n) is 5.56. The van der Waals surface area contributed by atoms with Gasteiger partial charge in [0.05, 0.1) is 17.9 Å². The molecule has 3 heterocycles. The van der Waals surface area contributed by atoms with Gasteiger partial charge in [-0.05, 0) is 25.8 Å². The van der Waals surface area contributed by atoms with E-state index >= 15 is 0 Å². The fourth-order valence-corrected chi connectivity index (χ4v) is 4.17. The Balaban J connectivity index is 1.43. The summed E-state index contributed by atoms with van der Waals surface area (Å²) in [6.45, 7) is 8.43. The summed E-state index contributed by atoms with van der Waals surface area (Å²) in [6, 6.07) is 10.5. The van der Waals surface area contributed by atoms with Crippen LogP contribution < -0.4 is 0 Å². The van der Waals surface area contributed by atoms with Gasteiger partial charge in [0.15, 0.2) is 5.69 Å². The molecule has 1 N–H and O–H groups in total. The molecule has 1 fully saturated rings. The van der Waals surface area contributed by atoms with E-state index in [1.807, 2.05) is 24.8 Å². The summed E-state index contributed by atoms with van der Waals surface area (Å²) < 4.78 is 5.84. The molecule has 0 radical (unpaired) electrons. The zero-order chi connectivity index (χ0) is 18.8. The molecular weight excluding hydrogens is 340 g/mol. The molecule has 144 valence electrons. The highest BCUT2D eigenvalue weighted by Crippen LogP contribution is 2.30. The molecule has 0 aliphatic carbocycles.